The van der Waals surface area contributed by atoms with Crippen molar-refractivity contribution in [3.8, 4) is 33.4 Å². The Kier molecular flexibility index (Phi) is 9.01. The molecule has 2 aliphatic rings. The average molecular weight is 698 g/mol. The Bertz CT molecular complexity index is 2300. The quantitative estimate of drug-likeness (QED) is 0.146. The topological polar surface area (TPSA) is 0 Å². The molecule has 9 rings (SSSR count). The van der Waals surface area contributed by atoms with E-state index in [0.717, 1.165) is 4.39 Å². The molecular formula is C52H48BN. The van der Waals surface area contributed by atoms with Crippen LogP contribution < -0.4 is 15.3 Å². The summed E-state index contributed by atoms with van der Waals surface area (Å²) in [6, 6.07) is 70.6. The Morgan fingerprint density at radius 1 is 0.389 bits per heavy atom. The predicted octanol–water partition coefficient (Wildman–Crippen LogP) is 12.1. The average Bonchev–Trinajstić information content (AvgIpc) is 3.25. The molecule has 264 valence electrons. The molecule has 7 aromatic carbocycles. The Hall–Kier alpha value is -5.70. The van der Waals surface area contributed by atoms with Gasteiger partial charge in [0.05, 0.1) is 5.69 Å². The molecule has 0 unspecified atom stereocenters. The van der Waals surface area contributed by atoms with Gasteiger partial charge in [-0.05, 0) is 64.3 Å². The van der Waals surface area contributed by atoms with Crippen LogP contribution >= 0.6 is 0 Å². The second kappa shape index (κ2) is 14.3. The van der Waals surface area contributed by atoms with Gasteiger partial charge >= 0.3 is 0 Å². The molecule has 1 aliphatic carbocycles. The van der Waals surface area contributed by atoms with E-state index in [9.17, 15) is 0 Å². The van der Waals surface area contributed by atoms with Crippen molar-refractivity contribution >= 4 is 33.9 Å². The third-order valence-corrected chi connectivity index (χ3v) is 12.8. The van der Waals surface area contributed by atoms with E-state index in [0.29, 0.717) is 5.92 Å². The molecule has 1 nitrogen and oxygen atoms in total. The molecule has 0 N–H and O–H groups in total. The highest BCUT2D eigenvalue weighted by atomic mass is 15.3. The molecule has 0 bridgehead atoms. The van der Waals surface area contributed by atoms with E-state index < -0.39 is 6.28 Å². The first-order valence-electron chi connectivity index (χ1n) is 19.9. The van der Waals surface area contributed by atoms with Crippen LogP contribution in [0.2, 0.25) is 0 Å². The van der Waals surface area contributed by atoms with Crippen LogP contribution in [-0.2, 0) is 0 Å². The molecule has 0 amide bonds. The largest absolute Gasteiger partial charge is 0.474 e. The van der Waals surface area contributed by atoms with Crippen molar-refractivity contribution in [3.63, 3.8) is 0 Å². The summed E-state index contributed by atoms with van der Waals surface area (Å²) >= 11 is 0. The van der Waals surface area contributed by atoms with Crippen LogP contribution in [-0.4, -0.2) is 20.4 Å². The van der Waals surface area contributed by atoms with Crippen molar-refractivity contribution in [2.45, 2.75) is 32.1 Å². The van der Waals surface area contributed by atoms with Gasteiger partial charge in [-0.2, -0.15) is 0 Å². The molecule has 2 heteroatoms. The van der Waals surface area contributed by atoms with Gasteiger partial charge in [0, 0.05) is 19.7 Å². The van der Waals surface area contributed by atoms with E-state index in [1.807, 2.05) is 0 Å². The SMILES string of the molecule is C[N+]1(C)c2ccccc2C(C2CCCCC2)=C(c2ccc(-c3ccccc3)cc2)[B-]1(c1ccc(-c2ccccc2)cc1)c1ccc(-c2ccccc2)cc1. The first kappa shape index (κ1) is 34.1. The minimum atomic E-state index is -1.64. The van der Waals surface area contributed by atoms with Gasteiger partial charge in [0.15, 0.2) is 0 Å². The van der Waals surface area contributed by atoms with Crippen molar-refractivity contribution in [2.24, 2.45) is 5.92 Å². The molecule has 0 radical (unpaired) electrons. The Labute approximate surface area is 321 Å². The zero-order valence-corrected chi connectivity index (χ0v) is 31.5. The summed E-state index contributed by atoms with van der Waals surface area (Å²) < 4.78 is 0.720. The maximum Gasteiger partial charge on any atom is 0.296 e. The lowest BCUT2D eigenvalue weighted by atomic mass is 9.19. The lowest BCUT2D eigenvalue weighted by Crippen LogP contribution is -2.80. The van der Waals surface area contributed by atoms with E-state index in [-0.39, 0.29) is 0 Å². The van der Waals surface area contributed by atoms with Crippen LogP contribution in [0.3, 0.4) is 0 Å². The first-order valence-corrected chi connectivity index (χ1v) is 19.9. The molecule has 0 saturated heterocycles. The fourth-order valence-corrected chi connectivity index (χ4v) is 10.2. The van der Waals surface area contributed by atoms with Crippen molar-refractivity contribution in [1.29, 1.82) is 0 Å². The molecule has 0 atom stereocenters. The zero-order chi connectivity index (χ0) is 36.5. The number of rotatable bonds is 7. The number of hydrogen-bond donors (Lipinski definition) is 0. The molecule has 1 heterocycles. The van der Waals surface area contributed by atoms with Gasteiger partial charge in [-0.25, -0.2) is 0 Å². The van der Waals surface area contributed by atoms with E-state index in [4.69, 9.17) is 0 Å². The fourth-order valence-electron chi connectivity index (χ4n) is 10.2. The molecule has 1 fully saturated rings. The van der Waals surface area contributed by atoms with Crippen molar-refractivity contribution in [3.05, 3.63) is 199 Å². The molecule has 54 heavy (non-hydrogen) atoms. The van der Waals surface area contributed by atoms with Crippen molar-refractivity contribution in [2.75, 3.05) is 14.1 Å². The summed E-state index contributed by atoms with van der Waals surface area (Å²) in [5.74, 6) is 0.498. The molecule has 1 saturated carbocycles. The van der Waals surface area contributed by atoms with E-state index >= 15 is 0 Å². The zero-order valence-electron chi connectivity index (χ0n) is 31.5. The third-order valence-electron chi connectivity index (χ3n) is 12.8. The highest BCUT2D eigenvalue weighted by Crippen LogP contribution is 2.53. The van der Waals surface area contributed by atoms with Crippen LogP contribution in [0, 0.1) is 5.92 Å². The minimum Gasteiger partial charge on any atom is -0.474 e. The highest BCUT2D eigenvalue weighted by molar-refractivity contribution is 7.16. The molecule has 0 aromatic heterocycles. The van der Waals surface area contributed by atoms with Gasteiger partial charge in [-0.3, -0.25) is 0 Å². The van der Waals surface area contributed by atoms with Gasteiger partial charge in [0.1, 0.15) is 0 Å². The fraction of sp³-hybridized carbons (Fsp3) is 0.154. The summed E-state index contributed by atoms with van der Waals surface area (Å²) in [6.07, 6.45) is 4.72. The Balaban J connectivity index is 1.37. The number of allylic oxidation sites excluding steroid dienone is 1. The number of benzene rings is 7. The van der Waals surface area contributed by atoms with Gasteiger partial charge in [-0.15, -0.1) is 16.4 Å². The predicted molar refractivity (Wildman–Crippen MR) is 234 cm³/mol. The number of nitrogens with zero attached hydrogens (tertiary/aromatic N) is 1. The standard InChI is InChI=1S/C52H48BN/c1-54(2)50-26-16-15-25-49(50)51(45-23-13-6-14-24-45)52(46-29-27-42(28-30-46)39-17-7-3-8-18-39)53(54,47-35-31-43(32-36-47)40-19-9-4-10-20-40)48-37-33-44(34-38-48)41-21-11-5-12-22-41/h3-5,7-12,15-22,25-38,45H,6,13-14,23-24H2,1-2H3. The number of hydrogen-bond acceptors (Lipinski definition) is 0. The van der Waals surface area contributed by atoms with Crippen molar-refractivity contribution < 1.29 is 0 Å². The van der Waals surface area contributed by atoms with E-state index in [1.165, 1.54) is 98.7 Å². The Morgan fingerprint density at radius 2 is 0.759 bits per heavy atom. The summed E-state index contributed by atoms with van der Waals surface area (Å²) in [5.41, 5.74) is 17.5. The van der Waals surface area contributed by atoms with Gasteiger partial charge < -0.3 is 4.39 Å². The maximum atomic E-state index is 2.48. The second-order valence-electron chi connectivity index (χ2n) is 16.0. The first-order chi connectivity index (χ1) is 26.6. The highest BCUT2D eigenvalue weighted by Gasteiger charge is 2.54. The minimum absolute atomic E-state index is 0.498. The van der Waals surface area contributed by atoms with Gasteiger partial charge in [0.25, 0.3) is 6.28 Å². The summed E-state index contributed by atoms with van der Waals surface area (Å²) in [7, 11) is 4.95. The van der Waals surface area contributed by atoms with Crippen LogP contribution in [0.1, 0.15) is 43.2 Å². The second-order valence-corrected chi connectivity index (χ2v) is 16.0. The number of fused-ring (bicyclic) bond motifs is 1. The van der Waals surface area contributed by atoms with Gasteiger partial charge in [-0.1, -0.05) is 206 Å². The van der Waals surface area contributed by atoms with E-state index in [1.54, 1.807) is 5.57 Å². The maximum absolute atomic E-state index is 2.48. The Morgan fingerprint density at radius 3 is 1.22 bits per heavy atom. The summed E-state index contributed by atoms with van der Waals surface area (Å²) in [4.78, 5) is 0. The van der Waals surface area contributed by atoms with Crippen LogP contribution in [0.5, 0.6) is 0 Å². The molecule has 0 spiro atoms. The molecule has 1 aliphatic heterocycles. The number of quaternary nitrogens is 1. The molecule has 7 aromatic rings. The lowest BCUT2D eigenvalue weighted by molar-refractivity contribution is 0.429. The third kappa shape index (κ3) is 5.77. The monoisotopic (exact) mass is 697 g/mol. The number of para-hydroxylation sites is 1. The molecular weight excluding hydrogens is 649 g/mol. The van der Waals surface area contributed by atoms with Crippen LogP contribution in [0.15, 0.2) is 188 Å². The lowest BCUT2D eigenvalue weighted by Gasteiger charge is -2.61. The summed E-state index contributed by atoms with van der Waals surface area (Å²) in [6.45, 7) is 0. The van der Waals surface area contributed by atoms with Gasteiger partial charge in [0.2, 0.25) is 0 Å². The van der Waals surface area contributed by atoms with Crippen LogP contribution in [0.25, 0.3) is 44.4 Å². The van der Waals surface area contributed by atoms with E-state index in [2.05, 4.69) is 202 Å². The van der Waals surface area contributed by atoms with Crippen LogP contribution in [0.4, 0.5) is 5.69 Å². The van der Waals surface area contributed by atoms with Crippen molar-refractivity contribution in [1.82, 2.24) is 4.39 Å². The normalized spacial score (nSPS) is 16.5. The summed E-state index contributed by atoms with van der Waals surface area (Å²) in [5, 5.41) is 0. The smallest absolute Gasteiger partial charge is 0.296 e.